The van der Waals surface area contributed by atoms with Crippen molar-refractivity contribution in [3.8, 4) is 0 Å². The van der Waals surface area contributed by atoms with Gasteiger partial charge in [0.25, 0.3) is 0 Å². The summed E-state index contributed by atoms with van der Waals surface area (Å²) >= 11 is 0. The molecule has 3 amide bonds. The number of aromatic amines is 1. The van der Waals surface area contributed by atoms with Gasteiger partial charge >= 0.3 is 5.97 Å². The van der Waals surface area contributed by atoms with E-state index in [9.17, 15) is 24.3 Å². The number of H-pyrrole nitrogens is 1. The second kappa shape index (κ2) is 14.0. The number of carboxylic acids is 1. The Kier molecular flexibility index (Phi) is 11.1. The summed E-state index contributed by atoms with van der Waals surface area (Å²) in [5.41, 5.74) is 18.2. The number of carboxylic acid groups (broad SMARTS) is 1. The van der Waals surface area contributed by atoms with Crippen LogP contribution in [0.3, 0.4) is 0 Å². The molecule has 0 aliphatic carbocycles. The Hall–Kier alpha value is -4.13. The fraction of sp³-hybridized carbons (Fsp3) is 0.480. The van der Waals surface area contributed by atoms with Gasteiger partial charge in [0.15, 0.2) is 5.96 Å². The van der Waals surface area contributed by atoms with E-state index in [1.54, 1.807) is 20.0 Å². The Morgan fingerprint density at radius 3 is 2.32 bits per heavy atom. The van der Waals surface area contributed by atoms with E-state index >= 15 is 0 Å². The van der Waals surface area contributed by atoms with Crippen LogP contribution in [0.4, 0.5) is 0 Å². The van der Waals surface area contributed by atoms with E-state index in [0.717, 1.165) is 16.5 Å². The number of aliphatic imine (C=N–C) groups is 1. The number of aromatic nitrogens is 1. The molecule has 1 aromatic carbocycles. The Morgan fingerprint density at radius 2 is 1.68 bits per heavy atom. The van der Waals surface area contributed by atoms with Gasteiger partial charge in [0.05, 0.1) is 6.04 Å². The molecular formula is C25H38N8O5. The van der Waals surface area contributed by atoms with Gasteiger partial charge in [-0.05, 0) is 37.3 Å². The number of rotatable bonds is 14. The molecule has 0 aliphatic rings. The highest BCUT2D eigenvalue weighted by atomic mass is 16.4. The fourth-order valence-corrected chi connectivity index (χ4v) is 3.81. The van der Waals surface area contributed by atoms with Crippen LogP contribution in [-0.4, -0.2) is 70.5 Å². The van der Waals surface area contributed by atoms with Crippen LogP contribution in [0.15, 0.2) is 35.5 Å². The molecule has 13 nitrogen and oxygen atoms in total. The van der Waals surface area contributed by atoms with Gasteiger partial charge in [-0.15, -0.1) is 0 Å². The van der Waals surface area contributed by atoms with E-state index in [4.69, 9.17) is 17.2 Å². The third-order valence-electron chi connectivity index (χ3n) is 6.01. The van der Waals surface area contributed by atoms with Crippen LogP contribution < -0.4 is 33.2 Å². The zero-order valence-electron chi connectivity index (χ0n) is 21.9. The first kappa shape index (κ1) is 30.1. The highest BCUT2D eigenvalue weighted by molar-refractivity contribution is 5.95. The minimum Gasteiger partial charge on any atom is -0.480 e. The number of para-hydroxylation sites is 1. The summed E-state index contributed by atoms with van der Waals surface area (Å²) < 4.78 is 0. The number of hydrogen-bond acceptors (Lipinski definition) is 6. The van der Waals surface area contributed by atoms with Crippen LogP contribution in [0.25, 0.3) is 10.9 Å². The van der Waals surface area contributed by atoms with Crippen molar-refractivity contribution in [1.82, 2.24) is 20.9 Å². The van der Waals surface area contributed by atoms with Gasteiger partial charge in [-0.25, -0.2) is 0 Å². The van der Waals surface area contributed by atoms with Crippen molar-refractivity contribution in [2.24, 2.45) is 28.1 Å². The molecule has 2 rings (SSSR count). The predicted octanol–water partition coefficient (Wildman–Crippen LogP) is -0.694. The lowest BCUT2D eigenvalue weighted by molar-refractivity contribution is -0.141. The molecule has 1 heterocycles. The summed E-state index contributed by atoms with van der Waals surface area (Å²) in [5.74, 6) is -3.38. The fourth-order valence-electron chi connectivity index (χ4n) is 3.81. The van der Waals surface area contributed by atoms with Crippen LogP contribution in [0, 0.1) is 5.92 Å². The second-order valence-corrected chi connectivity index (χ2v) is 9.48. The van der Waals surface area contributed by atoms with Crippen LogP contribution >= 0.6 is 0 Å². The lowest BCUT2D eigenvalue weighted by Crippen LogP contribution is -2.58. The van der Waals surface area contributed by atoms with Crippen LogP contribution in [0.1, 0.15) is 39.2 Å². The number of carbonyl (C=O) groups is 4. The molecule has 38 heavy (non-hydrogen) atoms. The van der Waals surface area contributed by atoms with Crippen molar-refractivity contribution in [3.05, 3.63) is 36.0 Å². The van der Waals surface area contributed by atoms with Gasteiger partial charge in [0.1, 0.15) is 18.1 Å². The molecule has 0 radical (unpaired) electrons. The minimum atomic E-state index is -1.21. The number of benzene rings is 1. The van der Waals surface area contributed by atoms with Crippen molar-refractivity contribution in [3.63, 3.8) is 0 Å². The van der Waals surface area contributed by atoms with E-state index in [0.29, 0.717) is 19.4 Å². The van der Waals surface area contributed by atoms with E-state index in [1.165, 1.54) is 6.92 Å². The van der Waals surface area contributed by atoms with Gasteiger partial charge < -0.3 is 43.2 Å². The van der Waals surface area contributed by atoms with Gasteiger partial charge in [0, 0.05) is 30.1 Å². The molecular weight excluding hydrogens is 492 g/mol. The number of fused-ring (bicyclic) bond motifs is 1. The summed E-state index contributed by atoms with van der Waals surface area (Å²) in [7, 11) is 0. The molecule has 208 valence electrons. The molecule has 2 aromatic rings. The third-order valence-corrected chi connectivity index (χ3v) is 6.01. The number of nitrogens with two attached hydrogens (primary N) is 3. The highest BCUT2D eigenvalue weighted by Crippen LogP contribution is 2.19. The lowest BCUT2D eigenvalue weighted by Gasteiger charge is -2.26. The van der Waals surface area contributed by atoms with E-state index < -0.39 is 47.9 Å². The molecule has 0 saturated heterocycles. The van der Waals surface area contributed by atoms with E-state index in [2.05, 4.69) is 25.9 Å². The van der Waals surface area contributed by atoms with Crippen molar-refractivity contribution in [2.45, 2.75) is 64.2 Å². The Labute approximate surface area is 221 Å². The molecule has 4 atom stereocenters. The van der Waals surface area contributed by atoms with Gasteiger partial charge in [-0.1, -0.05) is 32.0 Å². The van der Waals surface area contributed by atoms with Crippen LogP contribution in [-0.2, 0) is 25.6 Å². The van der Waals surface area contributed by atoms with Crippen molar-refractivity contribution in [1.29, 1.82) is 0 Å². The van der Waals surface area contributed by atoms with E-state index in [-0.39, 0.29) is 18.3 Å². The van der Waals surface area contributed by atoms with Crippen LogP contribution in [0.2, 0.25) is 0 Å². The maximum atomic E-state index is 13.3. The summed E-state index contributed by atoms with van der Waals surface area (Å²) in [6.07, 6.45) is 2.60. The number of aliphatic carboxylic acids is 1. The summed E-state index contributed by atoms with van der Waals surface area (Å²) in [6, 6.07) is 3.33. The highest BCUT2D eigenvalue weighted by Gasteiger charge is 2.31. The van der Waals surface area contributed by atoms with Crippen molar-refractivity contribution < 1.29 is 24.3 Å². The zero-order chi connectivity index (χ0) is 28.4. The van der Waals surface area contributed by atoms with Gasteiger partial charge in [0.2, 0.25) is 17.7 Å². The zero-order valence-corrected chi connectivity index (χ0v) is 21.9. The molecule has 1 aromatic heterocycles. The van der Waals surface area contributed by atoms with Gasteiger partial charge in [-0.2, -0.15) is 0 Å². The molecule has 0 fully saturated rings. The maximum Gasteiger partial charge on any atom is 0.325 e. The topological polar surface area (TPSA) is 231 Å². The van der Waals surface area contributed by atoms with Crippen molar-refractivity contribution >= 4 is 40.6 Å². The predicted molar refractivity (Wildman–Crippen MR) is 144 cm³/mol. The lowest BCUT2D eigenvalue weighted by atomic mass is 10.00. The quantitative estimate of drug-likeness (QED) is 0.0882. The number of hydrogen-bond donors (Lipinski definition) is 8. The maximum absolute atomic E-state index is 13.3. The SMILES string of the molecule is CC(NC(=O)C(Cc1c[nH]c2ccccc12)NC(=O)C(NC(=O)C(N)CCCN=C(N)N)C(C)C)C(=O)O. The molecule has 4 unspecified atom stereocenters. The smallest absolute Gasteiger partial charge is 0.325 e. The monoisotopic (exact) mass is 530 g/mol. The molecule has 13 heteroatoms. The second-order valence-electron chi connectivity index (χ2n) is 9.48. The van der Waals surface area contributed by atoms with Gasteiger partial charge in [-0.3, -0.25) is 24.2 Å². The van der Waals surface area contributed by atoms with Crippen LogP contribution in [0.5, 0.6) is 0 Å². The molecule has 0 saturated carbocycles. The summed E-state index contributed by atoms with van der Waals surface area (Å²) in [4.78, 5) is 57.3. The number of guanidine groups is 1. The van der Waals surface area contributed by atoms with E-state index in [1.807, 2.05) is 24.3 Å². The standard InChI is InChI=1S/C25H38N8O5/c1-13(2)20(33-21(34)17(26)8-6-10-29-25(27)28)23(36)32-19(22(35)31-14(3)24(37)38)11-15-12-30-18-9-5-4-7-16(15)18/h4-5,7,9,12-14,17,19-20,30H,6,8,10-11,26H2,1-3H3,(H,31,35)(H,32,36)(H,33,34)(H,37,38)(H4,27,28,29). The number of amides is 3. The van der Waals surface area contributed by atoms with Crippen molar-refractivity contribution in [2.75, 3.05) is 6.54 Å². The average Bonchev–Trinajstić information content (AvgIpc) is 3.26. The Bertz CT molecular complexity index is 1160. The molecule has 0 spiro atoms. The number of carbonyl (C=O) groups excluding carboxylic acids is 3. The molecule has 0 aliphatic heterocycles. The Balaban J connectivity index is 2.17. The number of nitrogens with one attached hydrogen (secondary N) is 4. The third kappa shape index (κ3) is 8.76. The minimum absolute atomic E-state index is 0.0523. The number of nitrogens with zero attached hydrogens (tertiary/aromatic N) is 1. The molecule has 0 bridgehead atoms. The average molecular weight is 531 g/mol. The first-order chi connectivity index (χ1) is 17.9. The Morgan fingerprint density at radius 1 is 1.00 bits per heavy atom. The summed E-state index contributed by atoms with van der Waals surface area (Å²) in [5, 5.41) is 17.9. The first-order valence-electron chi connectivity index (χ1n) is 12.4. The first-order valence-corrected chi connectivity index (χ1v) is 12.4. The summed E-state index contributed by atoms with van der Waals surface area (Å²) in [6.45, 7) is 5.14. The normalized spacial score (nSPS) is 14.2. The molecule has 11 N–H and O–H groups in total. The largest absolute Gasteiger partial charge is 0.480 e.